The molecule has 1 aliphatic rings. The Morgan fingerprint density at radius 2 is 1.81 bits per heavy atom. The average Bonchev–Trinajstić information content (AvgIpc) is 2.99. The van der Waals surface area contributed by atoms with Crippen LogP contribution in [0.2, 0.25) is 5.02 Å². The Hall–Kier alpha value is -1.68. The number of carbonyl (C=O) groups is 1. The van der Waals surface area contributed by atoms with E-state index < -0.39 is 9.75 Å². The van der Waals surface area contributed by atoms with E-state index in [0.29, 0.717) is 18.0 Å². The molecule has 1 fully saturated rings. The number of fused-ring (bicyclic) bond motifs is 1. The fraction of sp³-hybridized carbons (Fsp3) is 0.286. The predicted octanol–water partition coefficient (Wildman–Crippen LogP) is 5.65. The molecule has 0 aliphatic heterocycles. The van der Waals surface area contributed by atoms with E-state index in [4.69, 9.17) is 34.8 Å². The van der Waals surface area contributed by atoms with Crippen molar-refractivity contribution in [3.05, 3.63) is 70.9 Å². The Balaban J connectivity index is 1.67. The second-order valence-electron chi connectivity index (χ2n) is 7.29. The zero-order valence-electron chi connectivity index (χ0n) is 14.7. The Morgan fingerprint density at radius 3 is 2.52 bits per heavy atom. The molecule has 1 amide bonds. The number of aromatic nitrogens is 1. The molecule has 140 valence electrons. The third-order valence-electron chi connectivity index (χ3n) is 5.50. The molecule has 2 aromatic carbocycles. The van der Waals surface area contributed by atoms with Crippen LogP contribution in [0.25, 0.3) is 10.9 Å². The molecule has 1 heterocycles. The Kier molecular flexibility index (Phi) is 4.66. The highest BCUT2D eigenvalue weighted by Crippen LogP contribution is 2.63. The highest BCUT2D eigenvalue weighted by Gasteiger charge is 2.67. The highest BCUT2D eigenvalue weighted by molar-refractivity contribution is 6.53. The number of alkyl halides is 2. The third-order valence-corrected chi connectivity index (χ3v) is 6.95. The van der Waals surface area contributed by atoms with Gasteiger partial charge in [-0.25, -0.2) is 0 Å². The summed E-state index contributed by atoms with van der Waals surface area (Å²) in [6, 6.07) is 15.8. The molecular weight excluding hydrogens is 403 g/mol. The van der Waals surface area contributed by atoms with Gasteiger partial charge in [0, 0.05) is 34.6 Å². The first kappa shape index (κ1) is 18.7. The molecule has 0 unspecified atom stereocenters. The summed E-state index contributed by atoms with van der Waals surface area (Å²) in [5.41, 5.74) is 2.35. The topological polar surface area (TPSA) is 44.9 Å². The number of carbonyl (C=O) groups excluding carboxylic acids is 1. The van der Waals surface area contributed by atoms with Gasteiger partial charge < -0.3 is 10.3 Å². The zero-order valence-corrected chi connectivity index (χ0v) is 17.0. The smallest absolute Gasteiger partial charge is 0.229 e. The van der Waals surface area contributed by atoms with Gasteiger partial charge in [0.25, 0.3) is 0 Å². The number of para-hydroxylation sites is 1. The maximum atomic E-state index is 12.7. The van der Waals surface area contributed by atoms with Crippen LogP contribution in [0.1, 0.15) is 30.4 Å². The number of halogens is 3. The Labute approximate surface area is 173 Å². The van der Waals surface area contributed by atoms with E-state index in [1.165, 1.54) is 0 Å². The number of hydrogen-bond donors (Lipinski definition) is 2. The van der Waals surface area contributed by atoms with E-state index in [9.17, 15) is 4.79 Å². The minimum Gasteiger partial charge on any atom is -0.361 e. The van der Waals surface area contributed by atoms with Crippen LogP contribution in [-0.4, -0.2) is 21.8 Å². The van der Waals surface area contributed by atoms with Gasteiger partial charge in [-0.2, -0.15) is 0 Å². The van der Waals surface area contributed by atoms with Crippen molar-refractivity contribution in [2.45, 2.75) is 23.6 Å². The van der Waals surface area contributed by atoms with E-state index >= 15 is 0 Å². The maximum Gasteiger partial charge on any atom is 0.229 e. The first-order valence-corrected chi connectivity index (χ1v) is 9.93. The number of aromatic amines is 1. The van der Waals surface area contributed by atoms with E-state index in [0.717, 1.165) is 22.0 Å². The first-order chi connectivity index (χ1) is 12.8. The van der Waals surface area contributed by atoms with Crippen molar-refractivity contribution in [1.29, 1.82) is 0 Å². The van der Waals surface area contributed by atoms with Crippen LogP contribution in [0.4, 0.5) is 0 Å². The van der Waals surface area contributed by atoms with Crippen LogP contribution in [0, 0.1) is 5.41 Å². The molecule has 1 saturated carbocycles. The van der Waals surface area contributed by atoms with E-state index in [-0.39, 0.29) is 11.8 Å². The van der Waals surface area contributed by atoms with Gasteiger partial charge in [-0.15, -0.1) is 23.2 Å². The molecule has 2 N–H and O–H groups in total. The summed E-state index contributed by atoms with van der Waals surface area (Å²) in [6.45, 7) is 2.20. The van der Waals surface area contributed by atoms with Crippen LogP contribution in [0.5, 0.6) is 0 Å². The van der Waals surface area contributed by atoms with Crippen molar-refractivity contribution in [3.63, 3.8) is 0 Å². The molecule has 4 rings (SSSR count). The molecule has 0 saturated heterocycles. The van der Waals surface area contributed by atoms with Crippen molar-refractivity contribution in [2.75, 3.05) is 6.54 Å². The van der Waals surface area contributed by atoms with Crippen LogP contribution in [0.3, 0.4) is 0 Å². The van der Waals surface area contributed by atoms with Gasteiger partial charge in [-0.1, -0.05) is 48.0 Å². The van der Waals surface area contributed by atoms with Crippen molar-refractivity contribution < 1.29 is 4.79 Å². The summed E-state index contributed by atoms with van der Waals surface area (Å²) in [5.74, 6) is -0.231. The van der Waals surface area contributed by atoms with E-state index in [1.807, 2.05) is 48.7 Å². The van der Waals surface area contributed by atoms with Gasteiger partial charge in [0.1, 0.15) is 4.33 Å². The fourth-order valence-electron chi connectivity index (χ4n) is 3.56. The molecule has 0 spiro atoms. The van der Waals surface area contributed by atoms with Gasteiger partial charge in [-0.05, 0) is 36.6 Å². The van der Waals surface area contributed by atoms with Crippen LogP contribution < -0.4 is 5.32 Å². The molecule has 6 heteroatoms. The first-order valence-electron chi connectivity index (χ1n) is 8.80. The zero-order chi connectivity index (χ0) is 19.2. The quantitative estimate of drug-likeness (QED) is 0.513. The molecular formula is C21H19Cl3N2O. The summed E-state index contributed by atoms with van der Waals surface area (Å²) in [5, 5.41) is 4.82. The molecule has 0 bridgehead atoms. The van der Waals surface area contributed by atoms with Gasteiger partial charge >= 0.3 is 0 Å². The second-order valence-corrected chi connectivity index (χ2v) is 9.18. The molecule has 3 nitrogen and oxygen atoms in total. The lowest BCUT2D eigenvalue weighted by atomic mass is 9.90. The fourth-order valence-corrected chi connectivity index (χ4v) is 4.54. The number of hydrogen-bond acceptors (Lipinski definition) is 1. The van der Waals surface area contributed by atoms with Gasteiger partial charge in [0.15, 0.2) is 0 Å². The standard InChI is InChI=1S/C21H19Cl3N2O/c1-20(12-21(20,23)24)19(27)26-11-15(13-6-2-4-8-17(13)22)16-10-25-18-9-5-3-7-14(16)18/h2-10,15,25H,11-12H2,1H3,(H,26,27)/t15-,20+/m0/s1. The summed E-state index contributed by atoms with van der Waals surface area (Å²) < 4.78 is -0.988. The monoisotopic (exact) mass is 420 g/mol. The average molecular weight is 422 g/mol. The van der Waals surface area contributed by atoms with Crippen molar-refractivity contribution in [1.82, 2.24) is 10.3 Å². The lowest BCUT2D eigenvalue weighted by molar-refractivity contribution is -0.125. The van der Waals surface area contributed by atoms with Gasteiger partial charge in [-0.3, -0.25) is 4.79 Å². The van der Waals surface area contributed by atoms with Gasteiger partial charge in [0.2, 0.25) is 5.91 Å². The van der Waals surface area contributed by atoms with Crippen LogP contribution in [0.15, 0.2) is 54.7 Å². The molecule has 0 radical (unpaired) electrons. The molecule has 1 aromatic heterocycles. The lowest BCUT2D eigenvalue weighted by Crippen LogP contribution is -2.36. The third kappa shape index (κ3) is 3.22. The van der Waals surface area contributed by atoms with E-state index in [1.54, 1.807) is 6.92 Å². The summed E-state index contributed by atoms with van der Waals surface area (Å²) in [4.78, 5) is 16.0. The molecule has 2 atom stereocenters. The minimum absolute atomic E-state index is 0.0961. The molecule has 1 aliphatic carbocycles. The number of H-pyrrole nitrogens is 1. The second kappa shape index (κ2) is 6.73. The number of rotatable bonds is 5. The van der Waals surface area contributed by atoms with Crippen molar-refractivity contribution in [3.8, 4) is 0 Å². The summed E-state index contributed by atoms with van der Waals surface area (Å²) >= 11 is 18.8. The lowest BCUT2D eigenvalue weighted by Gasteiger charge is -2.21. The van der Waals surface area contributed by atoms with Gasteiger partial charge in [0.05, 0.1) is 5.41 Å². The number of amides is 1. The normalized spacial score (nSPS) is 21.8. The van der Waals surface area contributed by atoms with Crippen LogP contribution in [-0.2, 0) is 4.79 Å². The number of nitrogens with one attached hydrogen (secondary N) is 2. The molecule has 27 heavy (non-hydrogen) atoms. The highest BCUT2D eigenvalue weighted by atomic mass is 35.5. The van der Waals surface area contributed by atoms with Crippen LogP contribution >= 0.6 is 34.8 Å². The predicted molar refractivity (Wildman–Crippen MR) is 112 cm³/mol. The largest absolute Gasteiger partial charge is 0.361 e. The minimum atomic E-state index is -0.988. The summed E-state index contributed by atoms with van der Waals surface area (Å²) in [7, 11) is 0. The van der Waals surface area contributed by atoms with Crippen molar-refractivity contribution in [2.24, 2.45) is 5.41 Å². The Bertz CT molecular complexity index is 1010. The number of benzene rings is 2. The summed E-state index contributed by atoms with van der Waals surface area (Å²) in [6.07, 6.45) is 2.44. The van der Waals surface area contributed by atoms with E-state index in [2.05, 4.69) is 16.4 Å². The maximum absolute atomic E-state index is 12.7. The SMILES string of the molecule is C[C@]1(C(=O)NC[C@@H](c2ccccc2Cl)c2c[nH]c3ccccc23)CC1(Cl)Cl. The molecule has 3 aromatic rings. The van der Waals surface area contributed by atoms with Crippen molar-refractivity contribution >= 4 is 51.6 Å². The Morgan fingerprint density at radius 1 is 1.15 bits per heavy atom.